The zero-order valence-electron chi connectivity index (χ0n) is 11.1. The molecule has 5 heteroatoms. The summed E-state index contributed by atoms with van der Waals surface area (Å²) in [5, 5.41) is 5.68. The van der Waals surface area contributed by atoms with Gasteiger partial charge in [0.1, 0.15) is 0 Å². The highest BCUT2D eigenvalue weighted by Crippen LogP contribution is 2.12. The van der Waals surface area contributed by atoms with Crippen LogP contribution in [0.25, 0.3) is 0 Å². The molecular weight excluding hydrogens is 318 g/mol. The highest BCUT2D eigenvalue weighted by molar-refractivity contribution is 9.10. The molecular formula is C15H16BrN3O. The molecule has 2 aromatic rings. The number of nitrogens with one attached hydrogen (secondary N) is 2. The van der Waals surface area contributed by atoms with Gasteiger partial charge in [0.05, 0.1) is 0 Å². The topological polar surface area (TPSA) is 54.0 Å². The number of rotatable bonds is 4. The average Bonchev–Trinajstić information content (AvgIpc) is 2.42. The zero-order valence-corrected chi connectivity index (χ0v) is 12.7. The average molecular weight is 334 g/mol. The fourth-order valence-corrected chi connectivity index (χ4v) is 2.12. The van der Waals surface area contributed by atoms with Gasteiger partial charge >= 0.3 is 6.03 Å². The van der Waals surface area contributed by atoms with Gasteiger partial charge in [0.15, 0.2) is 0 Å². The molecule has 0 saturated carbocycles. The molecule has 104 valence electrons. The maximum atomic E-state index is 11.8. The van der Waals surface area contributed by atoms with Crippen molar-refractivity contribution < 1.29 is 4.79 Å². The van der Waals surface area contributed by atoms with Crippen LogP contribution in [0.1, 0.15) is 12.5 Å². The van der Waals surface area contributed by atoms with E-state index >= 15 is 0 Å². The first-order valence-electron chi connectivity index (χ1n) is 6.35. The van der Waals surface area contributed by atoms with Crippen molar-refractivity contribution in [3.05, 3.63) is 58.8 Å². The van der Waals surface area contributed by atoms with Gasteiger partial charge in [0, 0.05) is 28.6 Å². The second-order valence-electron chi connectivity index (χ2n) is 4.57. The lowest BCUT2D eigenvalue weighted by molar-refractivity contribution is 0.249. The Bertz CT molecular complexity index is 557. The van der Waals surface area contributed by atoms with Gasteiger partial charge in [0.2, 0.25) is 0 Å². The van der Waals surface area contributed by atoms with Crippen molar-refractivity contribution in [1.29, 1.82) is 0 Å². The van der Waals surface area contributed by atoms with Crippen LogP contribution in [-0.2, 0) is 6.42 Å². The minimum Gasteiger partial charge on any atom is -0.335 e. The van der Waals surface area contributed by atoms with Crippen LogP contribution in [0.5, 0.6) is 0 Å². The first-order valence-corrected chi connectivity index (χ1v) is 7.15. The first-order chi connectivity index (χ1) is 9.63. The van der Waals surface area contributed by atoms with E-state index in [0.717, 1.165) is 16.6 Å². The molecule has 0 fully saturated rings. The minimum atomic E-state index is -0.208. The van der Waals surface area contributed by atoms with Crippen LogP contribution in [0, 0.1) is 0 Å². The van der Waals surface area contributed by atoms with Crippen molar-refractivity contribution in [1.82, 2.24) is 10.3 Å². The number of carbonyl (C=O) groups is 1. The number of nitrogens with zero attached hydrogens (tertiary/aromatic N) is 1. The van der Waals surface area contributed by atoms with E-state index < -0.39 is 0 Å². The Morgan fingerprint density at radius 3 is 2.50 bits per heavy atom. The summed E-state index contributed by atoms with van der Waals surface area (Å²) in [5.74, 6) is 0. The molecule has 2 rings (SSSR count). The third kappa shape index (κ3) is 4.66. The molecule has 1 heterocycles. The van der Waals surface area contributed by atoms with Crippen LogP contribution in [0.4, 0.5) is 10.5 Å². The van der Waals surface area contributed by atoms with E-state index in [-0.39, 0.29) is 12.1 Å². The van der Waals surface area contributed by atoms with Gasteiger partial charge in [-0.2, -0.15) is 0 Å². The Hall–Kier alpha value is -1.88. The van der Waals surface area contributed by atoms with E-state index in [1.54, 1.807) is 24.5 Å². The highest BCUT2D eigenvalue weighted by atomic mass is 79.9. The molecule has 1 unspecified atom stereocenters. The van der Waals surface area contributed by atoms with Gasteiger partial charge in [0.25, 0.3) is 0 Å². The second-order valence-corrected chi connectivity index (χ2v) is 5.48. The Labute approximate surface area is 126 Å². The van der Waals surface area contributed by atoms with Crippen LogP contribution in [0.15, 0.2) is 53.3 Å². The van der Waals surface area contributed by atoms with Gasteiger partial charge < -0.3 is 10.6 Å². The predicted octanol–water partition coefficient (Wildman–Crippen LogP) is 3.60. The monoisotopic (exact) mass is 333 g/mol. The molecule has 0 aliphatic carbocycles. The maximum Gasteiger partial charge on any atom is 0.319 e. The van der Waals surface area contributed by atoms with Crippen LogP contribution in [-0.4, -0.2) is 17.1 Å². The molecule has 0 saturated heterocycles. The predicted molar refractivity (Wildman–Crippen MR) is 83.7 cm³/mol. The molecule has 20 heavy (non-hydrogen) atoms. The van der Waals surface area contributed by atoms with Crippen molar-refractivity contribution in [2.75, 3.05) is 5.32 Å². The van der Waals surface area contributed by atoms with E-state index in [4.69, 9.17) is 0 Å². The third-order valence-corrected chi connectivity index (χ3v) is 3.30. The number of anilines is 1. The molecule has 4 nitrogen and oxygen atoms in total. The first kappa shape index (κ1) is 14.5. The Kier molecular flexibility index (Phi) is 5.12. The van der Waals surface area contributed by atoms with Crippen LogP contribution in [0.2, 0.25) is 0 Å². The molecule has 0 radical (unpaired) electrons. The molecule has 0 spiro atoms. The summed E-state index contributed by atoms with van der Waals surface area (Å²) in [5.41, 5.74) is 1.92. The SMILES string of the molecule is CC(Cc1ccc(Br)cc1)NC(=O)Nc1ccncc1. The Morgan fingerprint density at radius 2 is 1.85 bits per heavy atom. The lowest BCUT2D eigenvalue weighted by Crippen LogP contribution is -2.37. The van der Waals surface area contributed by atoms with Crippen molar-refractivity contribution >= 4 is 27.6 Å². The minimum absolute atomic E-state index is 0.0537. The second kappa shape index (κ2) is 7.05. The van der Waals surface area contributed by atoms with Crippen molar-refractivity contribution in [2.45, 2.75) is 19.4 Å². The van der Waals surface area contributed by atoms with E-state index in [0.29, 0.717) is 0 Å². The number of urea groups is 1. The standard InChI is InChI=1S/C15H16BrN3O/c1-11(10-12-2-4-13(16)5-3-12)18-15(20)19-14-6-8-17-9-7-14/h2-9,11H,10H2,1H3,(H2,17,18,19,20). The molecule has 1 aromatic heterocycles. The third-order valence-electron chi connectivity index (χ3n) is 2.77. The number of halogens is 1. The number of pyridine rings is 1. The molecule has 0 aliphatic heterocycles. The van der Waals surface area contributed by atoms with Crippen molar-refractivity contribution in [2.24, 2.45) is 0 Å². The molecule has 2 N–H and O–H groups in total. The number of benzene rings is 1. The summed E-state index contributed by atoms with van der Waals surface area (Å²) >= 11 is 3.40. The number of carbonyl (C=O) groups excluding carboxylic acids is 1. The summed E-state index contributed by atoms with van der Waals surface area (Å²) in [6, 6.07) is 11.4. The quantitative estimate of drug-likeness (QED) is 0.898. The largest absolute Gasteiger partial charge is 0.335 e. The van der Waals surface area contributed by atoms with Gasteiger partial charge in [-0.25, -0.2) is 4.79 Å². The van der Waals surface area contributed by atoms with Crippen molar-refractivity contribution in [3.8, 4) is 0 Å². The molecule has 0 bridgehead atoms. The van der Waals surface area contributed by atoms with E-state index in [2.05, 4.69) is 31.5 Å². The van der Waals surface area contributed by atoms with Gasteiger partial charge in [-0.1, -0.05) is 28.1 Å². The van der Waals surface area contributed by atoms with Crippen LogP contribution < -0.4 is 10.6 Å². The molecule has 1 aromatic carbocycles. The molecule has 0 aliphatic rings. The maximum absolute atomic E-state index is 11.8. The summed E-state index contributed by atoms with van der Waals surface area (Å²) in [4.78, 5) is 15.7. The summed E-state index contributed by atoms with van der Waals surface area (Å²) in [6.07, 6.45) is 4.07. The summed E-state index contributed by atoms with van der Waals surface area (Å²) in [7, 11) is 0. The normalized spacial score (nSPS) is 11.7. The number of amides is 2. The molecule has 2 amide bonds. The zero-order chi connectivity index (χ0) is 14.4. The molecule has 1 atom stereocenters. The van der Waals surface area contributed by atoms with Gasteiger partial charge in [-0.05, 0) is 43.2 Å². The fraction of sp³-hybridized carbons (Fsp3) is 0.200. The van der Waals surface area contributed by atoms with E-state index in [1.807, 2.05) is 31.2 Å². The highest BCUT2D eigenvalue weighted by Gasteiger charge is 2.08. The Balaban J connectivity index is 1.83. The van der Waals surface area contributed by atoms with Crippen molar-refractivity contribution in [3.63, 3.8) is 0 Å². The number of hydrogen-bond donors (Lipinski definition) is 2. The summed E-state index contributed by atoms with van der Waals surface area (Å²) in [6.45, 7) is 1.98. The van der Waals surface area contributed by atoms with E-state index in [9.17, 15) is 4.79 Å². The Morgan fingerprint density at radius 1 is 1.20 bits per heavy atom. The lowest BCUT2D eigenvalue weighted by atomic mass is 10.1. The van der Waals surface area contributed by atoms with Crippen LogP contribution >= 0.6 is 15.9 Å². The fourth-order valence-electron chi connectivity index (χ4n) is 1.85. The van der Waals surface area contributed by atoms with Gasteiger partial charge in [-0.3, -0.25) is 4.98 Å². The van der Waals surface area contributed by atoms with Gasteiger partial charge in [-0.15, -0.1) is 0 Å². The van der Waals surface area contributed by atoms with Crippen LogP contribution in [0.3, 0.4) is 0 Å². The number of aromatic nitrogens is 1. The smallest absolute Gasteiger partial charge is 0.319 e. The van der Waals surface area contributed by atoms with E-state index in [1.165, 1.54) is 5.56 Å². The summed E-state index contributed by atoms with van der Waals surface area (Å²) < 4.78 is 1.05. The lowest BCUT2D eigenvalue weighted by Gasteiger charge is -2.14. The number of hydrogen-bond acceptors (Lipinski definition) is 2.